The van der Waals surface area contributed by atoms with Crippen LogP contribution in [0.15, 0.2) is 36.7 Å². The van der Waals surface area contributed by atoms with Gasteiger partial charge in [0, 0.05) is 43.5 Å². The van der Waals surface area contributed by atoms with Crippen molar-refractivity contribution in [3.05, 3.63) is 53.5 Å². The van der Waals surface area contributed by atoms with E-state index in [0.29, 0.717) is 43.6 Å². The van der Waals surface area contributed by atoms with E-state index in [9.17, 15) is 15.0 Å². The number of aliphatic hydroxyl groups excluding tert-OH is 1. The van der Waals surface area contributed by atoms with Crippen LogP contribution in [0.5, 0.6) is 5.88 Å². The lowest BCUT2D eigenvalue weighted by atomic mass is 9.99. The van der Waals surface area contributed by atoms with Crippen LogP contribution in [0.4, 0.5) is 0 Å². The summed E-state index contributed by atoms with van der Waals surface area (Å²) in [6.07, 6.45) is 6.39. The predicted molar refractivity (Wildman–Crippen MR) is 136 cm³/mol. The first-order valence-electron chi connectivity index (χ1n) is 12.7. The molecule has 2 aromatic rings. The van der Waals surface area contributed by atoms with Crippen molar-refractivity contribution in [2.45, 2.75) is 63.8 Å². The van der Waals surface area contributed by atoms with Gasteiger partial charge >= 0.3 is 0 Å². The minimum atomic E-state index is -0.971. The molecular formula is C28H36N4O4. The second kappa shape index (κ2) is 11.4. The van der Waals surface area contributed by atoms with Crippen LogP contribution in [0.1, 0.15) is 61.1 Å². The van der Waals surface area contributed by atoms with E-state index in [1.807, 2.05) is 32.2 Å². The normalized spacial score (nSPS) is 22.2. The standard InChI is InChI=1S/C28H36N4O4/c1-20-16-32(21(2)19-33)27(34)24-14-22(9-12-28(35)10-5-6-11-28)15-30-26(24)36-25(20)18-31(3)17-23-8-4-7-13-29-23/h4,7-8,13-15,20-21,25,33,35H,5-6,10-11,16-19H2,1-3H3/t20-,21-,25-/m1/s1. The Bertz CT molecular complexity index is 1110. The lowest BCUT2D eigenvalue weighted by molar-refractivity contribution is 0.0324. The molecule has 4 rings (SSSR count). The monoisotopic (exact) mass is 492 g/mol. The van der Waals surface area contributed by atoms with E-state index < -0.39 is 5.60 Å². The van der Waals surface area contributed by atoms with Crippen LogP contribution in [-0.2, 0) is 6.54 Å². The van der Waals surface area contributed by atoms with Gasteiger partial charge in [-0.15, -0.1) is 0 Å². The molecule has 1 amide bonds. The average molecular weight is 493 g/mol. The van der Waals surface area contributed by atoms with E-state index in [-0.39, 0.29) is 36.5 Å². The van der Waals surface area contributed by atoms with Gasteiger partial charge in [-0.05, 0) is 57.9 Å². The van der Waals surface area contributed by atoms with Gasteiger partial charge in [0.15, 0.2) is 0 Å². The third-order valence-electron chi connectivity index (χ3n) is 7.04. The Morgan fingerprint density at radius 2 is 2.08 bits per heavy atom. The largest absolute Gasteiger partial charge is 0.472 e. The number of hydrogen-bond acceptors (Lipinski definition) is 7. The first-order chi connectivity index (χ1) is 17.3. The van der Waals surface area contributed by atoms with Gasteiger partial charge < -0.3 is 19.8 Å². The van der Waals surface area contributed by atoms with E-state index >= 15 is 0 Å². The molecule has 3 atom stereocenters. The quantitative estimate of drug-likeness (QED) is 0.598. The molecule has 1 fully saturated rings. The van der Waals surface area contributed by atoms with Gasteiger partial charge in [0.05, 0.1) is 18.3 Å². The zero-order valence-corrected chi connectivity index (χ0v) is 21.4. The Balaban J connectivity index is 1.61. The van der Waals surface area contributed by atoms with Crippen molar-refractivity contribution >= 4 is 5.91 Å². The summed E-state index contributed by atoms with van der Waals surface area (Å²) in [5, 5.41) is 20.5. The zero-order valence-electron chi connectivity index (χ0n) is 21.4. The number of ether oxygens (including phenoxy) is 1. The van der Waals surface area contributed by atoms with E-state index in [0.717, 1.165) is 18.5 Å². The lowest BCUT2D eigenvalue weighted by Crippen LogP contribution is -2.49. The lowest BCUT2D eigenvalue weighted by Gasteiger charge is -2.37. The third-order valence-corrected chi connectivity index (χ3v) is 7.04. The van der Waals surface area contributed by atoms with Gasteiger partial charge in [-0.1, -0.05) is 24.8 Å². The maximum atomic E-state index is 13.6. The molecule has 0 aromatic carbocycles. The first kappa shape index (κ1) is 26.1. The van der Waals surface area contributed by atoms with Crippen LogP contribution < -0.4 is 4.74 Å². The summed E-state index contributed by atoms with van der Waals surface area (Å²) < 4.78 is 6.36. The van der Waals surface area contributed by atoms with Crippen molar-refractivity contribution in [1.82, 2.24) is 19.8 Å². The fourth-order valence-electron chi connectivity index (χ4n) is 4.80. The minimum Gasteiger partial charge on any atom is -0.472 e. The van der Waals surface area contributed by atoms with Gasteiger partial charge in [-0.3, -0.25) is 14.7 Å². The number of hydrogen-bond donors (Lipinski definition) is 2. The molecule has 0 unspecified atom stereocenters. The highest BCUT2D eigenvalue weighted by molar-refractivity contribution is 5.97. The molecule has 192 valence electrons. The van der Waals surface area contributed by atoms with Crippen molar-refractivity contribution < 1.29 is 19.7 Å². The smallest absolute Gasteiger partial charge is 0.259 e. The number of rotatable bonds is 6. The topological polar surface area (TPSA) is 99.0 Å². The highest BCUT2D eigenvalue weighted by atomic mass is 16.5. The Morgan fingerprint density at radius 1 is 1.31 bits per heavy atom. The molecular weight excluding hydrogens is 456 g/mol. The molecule has 1 aliphatic heterocycles. The van der Waals surface area contributed by atoms with E-state index in [4.69, 9.17) is 4.74 Å². The Morgan fingerprint density at radius 3 is 2.78 bits per heavy atom. The Kier molecular flexibility index (Phi) is 8.24. The fraction of sp³-hybridized carbons (Fsp3) is 0.536. The number of carbonyl (C=O) groups excluding carboxylic acids is 1. The first-order valence-corrected chi connectivity index (χ1v) is 12.7. The summed E-state index contributed by atoms with van der Waals surface area (Å²) in [6, 6.07) is 7.19. The Labute approximate surface area is 213 Å². The number of carbonyl (C=O) groups is 1. The molecule has 0 bridgehead atoms. The maximum Gasteiger partial charge on any atom is 0.259 e. The number of aromatic nitrogens is 2. The molecule has 8 heteroatoms. The maximum absolute atomic E-state index is 13.6. The molecule has 3 heterocycles. The van der Waals surface area contributed by atoms with Crippen LogP contribution >= 0.6 is 0 Å². The van der Waals surface area contributed by atoms with Crippen LogP contribution in [0.3, 0.4) is 0 Å². The molecule has 2 aliphatic rings. The van der Waals surface area contributed by atoms with Crippen LogP contribution in [0, 0.1) is 17.8 Å². The molecule has 2 N–H and O–H groups in total. The van der Waals surface area contributed by atoms with Crippen molar-refractivity contribution in [2.75, 3.05) is 26.7 Å². The molecule has 8 nitrogen and oxygen atoms in total. The van der Waals surface area contributed by atoms with Gasteiger partial charge in [0.2, 0.25) is 5.88 Å². The molecule has 0 radical (unpaired) electrons. The van der Waals surface area contributed by atoms with Crippen molar-refractivity contribution in [2.24, 2.45) is 5.92 Å². The van der Waals surface area contributed by atoms with E-state index in [1.165, 1.54) is 0 Å². The second-order valence-corrected chi connectivity index (χ2v) is 10.2. The van der Waals surface area contributed by atoms with E-state index in [2.05, 4.69) is 33.6 Å². The highest BCUT2D eigenvalue weighted by Crippen LogP contribution is 2.30. The summed E-state index contributed by atoms with van der Waals surface area (Å²) in [6.45, 7) is 5.47. The summed E-state index contributed by atoms with van der Waals surface area (Å²) in [4.78, 5) is 26.3. The molecule has 0 saturated heterocycles. The number of nitrogens with zero attached hydrogens (tertiary/aromatic N) is 4. The summed E-state index contributed by atoms with van der Waals surface area (Å²) in [7, 11) is 2.02. The van der Waals surface area contributed by atoms with Gasteiger partial charge in [0.1, 0.15) is 17.3 Å². The molecule has 0 spiro atoms. The molecule has 1 aliphatic carbocycles. The molecule has 1 saturated carbocycles. The summed E-state index contributed by atoms with van der Waals surface area (Å²) in [5.41, 5.74) is 0.876. The average Bonchev–Trinajstić information content (AvgIpc) is 3.31. The molecule has 2 aromatic heterocycles. The Hall–Kier alpha value is -2.99. The number of aliphatic hydroxyl groups is 2. The van der Waals surface area contributed by atoms with Crippen LogP contribution in [0.2, 0.25) is 0 Å². The van der Waals surface area contributed by atoms with Gasteiger partial charge in [-0.25, -0.2) is 4.98 Å². The van der Waals surface area contributed by atoms with Crippen molar-refractivity contribution in [1.29, 1.82) is 0 Å². The van der Waals surface area contributed by atoms with Crippen molar-refractivity contribution in [3.8, 4) is 17.7 Å². The second-order valence-electron chi connectivity index (χ2n) is 10.2. The predicted octanol–water partition coefficient (Wildman–Crippen LogP) is 2.49. The van der Waals surface area contributed by atoms with Gasteiger partial charge in [0.25, 0.3) is 5.91 Å². The number of amides is 1. The summed E-state index contributed by atoms with van der Waals surface area (Å²) in [5.74, 6) is 6.02. The van der Waals surface area contributed by atoms with Crippen LogP contribution in [0.25, 0.3) is 0 Å². The fourth-order valence-corrected chi connectivity index (χ4v) is 4.80. The SMILES string of the molecule is C[C@@H]1CN([C@H](C)CO)C(=O)c2cc(C#CC3(O)CCCC3)cnc2O[C@@H]1CN(C)Cc1ccccn1. The third kappa shape index (κ3) is 6.22. The number of likely N-dealkylation sites (N-methyl/N-ethyl adjacent to an activating group) is 1. The molecule has 36 heavy (non-hydrogen) atoms. The van der Waals surface area contributed by atoms with Crippen LogP contribution in [-0.4, -0.2) is 80.4 Å². The number of fused-ring (bicyclic) bond motifs is 1. The zero-order chi connectivity index (χ0) is 25.7. The van der Waals surface area contributed by atoms with Crippen molar-refractivity contribution in [3.63, 3.8) is 0 Å². The summed E-state index contributed by atoms with van der Waals surface area (Å²) >= 11 is 0. The number of pyridine rings is 2. The van der Waals surface area contributed by atoms with Gasteiger partial charge in [-0.2, -0.15) is 0 Å². The highest BCUT2D eigenvalue weighted by Gasteiger charge is 2.34. The minimum absolute atomic E-state index is 0.000152. The van der Waals surface area contributed by atoms with E-state index in [1.54, 1.807) is 23.4 Å².